The molecule has 4 fully saturated rings. The fraction of sp³-hybridized carbons (Fsp3) is 0.947. The van der Waals surface area contributed by atoms with E-state index in [4.69, 9.17) is 9.47 Å². The van der Waals surface area contributed by atoms with Crippen molar-refractivity contribution < 1.29 is 19.4 Å². The van der Waals surface area contributed by atoms with Crippen molar-refractivity contribution in [1.82, 2.24) is 4.90 Å². The van der Waals surface area contributed by atoms with Crippen LogP contribution in [0.2, 0.25) is 0 Å². The number of hydrogen-bond donors (Lipinski definition) is 1. The van der Waals surface area contributed by atoms with E-state index in [1.807, 2.05) is 21.0 Å². The molecule has 8 atom stereocenters. The second-order valence-electron chi connectivity index (χ2n) is 9.45. The fourth-order valence-electron chi connectivity index (χ4n) is 6.61. The van der Waals surface area contributed by atoms with Crippen LogP contribution in [0.1, 0.15) is 39.5 Å². The van der Waals surface area contributed by atoms with Crippen molar-refractivity contribution in [3.8, 4) is 0 Å². The van der Waals surface area contributed by atoms with Gasteiger partial charge in [-0.05, 0) is 57.5 Å². The lowest BCUT2D eigenvalue weighted by molar-refractivity contribution is -0.159. The average molecular weight is 337 g/mol. The van der Waals surface area contributed by atoms with Gasteiger partial charge >= 0.3 is 5.97 Å². The summed E-state index contributed by atoms with van der Waals surface area (Å²) < 4.78 is 11.9. The number of esters is 1. The van der Waals surface area contributed by atoms with Crippen LogP contribution in [0, 0.1) is 28.6 Å². The highest BCUT2D eigenvalue weighted by Crippen LogP contribution is 2.80. The monoisotopic (exact) mass is 337 g/mol. The number of aliphatic hydroxyl groups is 1. The minimum absolute atomic E-state index is 0.0537. The topological polar surface area (TPSA) is 59.0 Å². The molecule has 0 aromatic heterocycles. The van der Waals surface area contributed by atoms with Crippen LogP contribution < -0.4 is 0 Å². The maximum absolute atomic E-state index is 12.6. The molecule has 5 heteroatoms. The standard InChI is InChI=1S/C19H31NO4/c1-17-7-6-11-12(9-20(3)4)16(22)24-14(11)15-18(2,23-5)13(21)8-19(15,17)10-17/h11-15,21H,6-10H2,1-5H3/t11-,12-,13+,14-,15-,17-,18+,19-/m0/s1. The van der Waals surface area contributed by atoms with Gasteiger partial charge in [0.25, 0.3) is 0 Å². The highest BCUT2D eigenvalue weighted by atomic mass is 16.6. The molecule has 1 N–H and O–H groups in total. The molecule has 0 amide bonds. The van der Waals surface area contributed by atoms with E-state index in [0.717, 1.165) is 32.2 Å². The minimum Gasteiger partial charge on any atom is -0.461 e. The van der Waals surface area contributed by atoms with E-state index < -0.39 is 11.7 Å². The number of fused-ring (bicyclic) bond motifs is 2. The normalized spacial score (nSPS) is 55.6. The summed E-state index contributed by atoms with van der Waals surface area (Å²) in [5, 5.41) is 10.8. The number of nitrogens with zero attached hydrogens (tertiary/aromatic N) is 1. The van der Waals surface area contributed by atoms with Crippen LogP contribution in [-0.4, -0.2) is 61.5 Å². The molecule has 0 radical (unpaired) electrons. The summed E-state index contributed by atoms with van der Waals surface area (Å²) in [4.78, 5) is 14.7. The third-order valence-corrected chi connectivity index (χ3v) is 8.07. The van der Waals surface area contributed by atoms with Gasteiger partial charge in [0, 0.05) is 25.5 Å². The molecule has 136 valence electrons. The average Bonchev–Trinajstić information content (AvgIpc) is 2.88. The zero-order chi connectivity index (χ0) is 17.5. The molecule has 1 spiro atoms. The Balaban J connectivity index is 1.75. The van der Waals surface area contributed by atoms with E-state index in [9.17, 15) is 9.90 Å². The molecule has 0 aromatic carbocycles. The van der Waals surface area contributed by atoms with Gasteiger partial charge in [0.1, 0.15) is 6.10 Å². The molecule has 0 unspecified atom stereocenters. The molecule has 1 saturated heterocycles. The van der Waals surface area contributed by atoms with Crippen molar-refractivity contribution in [2.45, 2.75) is 57.3 Å². The second-order valence-corrected chi connectivity index (χ2v) is 9.45. The molecule has 3 aliphatic carbocycles. The molecule has 0 bridgehead atoms. The van der Waals surface area contributed by atoms with Crippen molar-refractivity contribution in [1.29, 1.82) is 0 Å². The van der Waals surface area contributed by atoms with Gasteiger partial charge < -0.3 is 19.5 Å². The summed E-state index contributed by atoms with van der Waals surface area (Å²) >= 11 is 0. The predicted molar refractivity (Wildman–Crippen MR) is 89.3 cm³/mol. The van der Waals surface area contributed by atoms with Crippen molar-refractivity contribution in [2.75, 3.05) is 27.7 Å². The molecule has 3 saturated carbocycles. The van der Waals surface area contributed by atoms with Gasteiger partial charge in [-0.3, -0.25) is 4.79 Å². The first-order valence-corrected chi connectivity index (χ1v) is 9.27. The minimum atomic E-state index is -0.627. The summed E-state index contributed by atoms with van der Waals surface area (Å²) in [6.07, 6.45) is 3.46. The number of carbonyl (C=O) groups excluding carboxylic acids is 1. The number of carbonyl (C=O) groups is 1. The Hall–Kier alpha value is -0.650. The lowest BCUT2D eigenvalue weighted by atomic mass is 9.73. The first kappa shape index (κ1) is 16.8. The fourth-order valence-corrected chi connectivity index (χ4v) is 6.61. The number of hydrogen-bond acceptors (Lipinski definition) is 5. The summed E-state index contributed by atoms with van der Waals surface area (Å²) in [5.74, 6) is 0.227. The van der Waals surface area contributed by atoms with Crippen LogP contribution in [0.5, 0.6) is 0 Å². The SMILES string of the molecule is CO[C@]1(C)[C@H](O)C[C@@]23C[C@]2(C)CC[C@@H]2[C@H](OC(=O)[C@H]2CN(C)C)[C@@H]13. The molecule has 5 nitrogen and oxygen atoms in total. The molecule has 1 aliphatic heterocycles. The first-order valence-electron chi connectivity index (χ1n) is 9.27. The number of methoxy groups -OCH3 is 1. The van der Waals surface area contributed by atoms with E-state index in [2.05, 4.69) is 11.8 Å². The van der Waals surface area contributed by atoms with Gasteiger partial charge in [-0.25, -0.2) is 0 Å². The molecule has 1 heterocycles. The Morgan fingerprint density at radius 2 is 2.08 bits per heavy atom. The second kappa shape index (κ2) is 4.95. The van der Waals surface area contributed by atoms with E-state index in [-0.39, 0.29) is 40.7 Å². The predicted octanol–water partition coefficient (Wildman–Crippen LogP) is 1.68. The van der Waals surface area contributed by atoms with Gasteiger partial charge in [0.05, 0.1) is 17.6 Å². The van der Waals surface area contributed by atoms with Gasteiger partial charge in [-0.1, -0.05) is 6.92 Å². The largest absolute Gasteiger partial charge is 0.461 e. The van der Waals surface area contributed by atoms with E-state index >= 15 is 0 Å². The highest BCUT2D eigenvalue weighted by Gasteiger charge is 2.80. The quantitative estimate of drug-likeness (QED) is 0.794. The van der Waals surface area contributed by atoms with Gasteiger partial charge in [0.15, 0.2) is 0 Å². The Bertz CT molecular complexity index is 566. The van der Waals surface area contributed by atoms with E-state index in [1.54, 1.807) is 7.11 Å². The van der Waals surface area contributed by atoms with E-state index in [1.165, 1.54) is 0 Å². The van der Waals surface area contributed by atoms with Crippen molar-refractivity contribution in [2.24, 2.45) is 28.6 Å². The lowest BCUT2D eigenvalue weighted by Crippen LogP contribution is -2.50. The van der Waals surface area contributed by atoms with Crippen molar-refractivity contribution >= 4 is 5.97 Å². The zero-order valence-corrected chi connectivity index (χ0v) is 15.5. The summed E-state index contributed by atoms with van der Waals surface area (Å²) in [7, 11) is 5.71. The summed E-state index contributed by atoms with van der Waals surface area (Å²) in [6, 6.07) is 0. The smallest absolute Gasteiger partial charge is 0.310 e. The third-order valence-electron chi connectivity index (χ3n) is 8.07. The molecule has 4 aliphatic rings. The van der Waals surface area contributed by atoms with Crippen LogP contribution in [-0.2, 0) is 14.3 Å². The molecule has 24 heavy (non-hydrogen) atoms. The van der Waals surface area contributed by atoms with Crippen LogP contribution in [0.3, 0.4) is 0 Å². The highest BCUT2D eigenvalue weighted by molar-refractivity contribution is 5.75. The number of ether oxygens (including phenoxy) is 2. The molecular weight excluding hydrogens is 306 g/mol. The first-order chi connectivity index (χ1) is 11.2. The van der Waals surface area contributed by atoms with Crippen LogP contribution in [0.15, 0.2) is 0 Å². The van der Waals surface area contributed by atoms with Gasteiger partial charge in [-0.2, -0.15) is 0 Å². The van der Waals surface area contributed by atoms with Crippen LogP contribution in [0.25, 0.3) is 0 Å². The van der Waals surface area contributed by atoms with Gasteiger partial charge in [-0.15, -0.1) is 0 Å². The van der Waals surface area contributed by atoms with Crippen molar-refractivity contribution in [3.05, 3.63) is 0 Å². The Morgan fingerprint density at radius 3 is 2.71 bits per heavy atom. The Morgan fingerprint density at radius 1 is 1.38 bits per heavy atom. The number of aliphatic hydroxyl groups excluding tert-OH is 1. The molecular formula is C19H31NO4. The Labute approximate surface area is 144 Å². The summed E-state index contributed by atoms with van der Waals surface area (Å²) in [5.41, 5.74) is -0.295. The number of rotatable bonds is 3. The van der Waals surface area contributed by atoms with E-state index in [0.29, 0.717) is 0 Å². The maximum atomic E-state index is 12.6. The summed E-state index contributed by atoms with van der Waals surface area (Å²) in [6.45, 7) is 5.12. The van der Waals surface area contributed by atoms with Crippen LogP contribution >= 0.6 is 0 Å². The Kier molecular flexibility index (Phi) is 3.47. The van der Waals surface area contributed by atoms with Crippen molar-refractivity contribution in [3.63, 3.8) is 0 Å². The molecule has 0 aromatic rings. The zero-order valence-electron chi connectivity index (χ0n) is 15.5. The van der Waals surface area contributed by atoms with Gasteiger partial charge in [0.2, 0.25) is 0 Å². The maximum Gasteiger partial charge on any atom is 0.310 e. The van der Waals surface area contributed by atoms with Crippen LogP contribution in [0.4, 0.5) is 0 Å². The third kappa shape index (κ3) is 1.89. The molecule has 4 rings (SSSR count). The lowest BCUT2D eigenvalue weighted by Gasteiger charge is -2.39.